The molecule has 1 N–H and O–H groups in total. The highest BCUT2D eigenvalue weighted by Gasteiger charge is 2.06. The first-order valence-corrected chi connectivity index (χ1v) is 6.92. The van der Waals surface area contributed by atoms with Crippen molar-refractivity contribution in [2.75, 3.05) is 11.9 Å². The molecule has 5 nitrogen and oxygen atoms in total. The Morgan fingerprint density at radius 1 is 1.35 bits per heavy atom. The van der Waals surface area contributed by atoms with E-state index in [9.17, 15) is 4.79 Å². The molecule has 20 heavy (non-hydrogen) atoms. The minimum atomic E-state index is -0.0208. The van der Waals surface area contributed by atoms with Gasteiger partial charge >= 0.3 is 0 Å². The number of nitrogens with one attached hydrogen (secondary N) is 1. The van der Waals surface area contributed by atoms with Crippen molar-refractivity contribution in [2.45, 2.75) is 33.2 Å². The molecule has 5 heteroatoms. The van der Waals surface area contributed by atoms with E-state index in [4.69, 9.17) is 0 Å². The second-order valence-corrected chi connectivity index (χ2v) is 4.74. The average Bonchev–Trinajstić information content (AvgIpc) is 2.44. The molecule has 0 atom stereocenters. The van der Waals surface area contributed by atoms with Gasteiger partial charge in [-0.25, -0.2) is 9.97 Å². The summed E-state index contributed by atoms with van der Waals surface area (Å²) in [6, 6.07) is 5.14. The number of hydrogen-bond donors (Lipinski definition) is 1. The number of rotatable bonds is 6. The summed E-state index contributed by atoms with van der Waals surface area (Å²) in [7, 11) is 0. The van der Waals surface area contributed by atoms with E-state index >= 15 is 0 Å². The van der Waals surface area contributed by atoms with Crippen LogP contribution < -0.4 is 10.9 Å². The van der Waals surface area contributed by atoms with Gasteiger partial charge in [-0.15, -0.1) is 0 Å². The Labute approximate surface area is 118 Å². The Balaban J connectivity index is 2.22. The number of anilines is 1. The van der Waals surface area contributed by atoms with Crippen molar-refractivity contribution in [1.29, 1.82) is 0 Å². The van der Waals surface area contributed by atoms with Crippen LogP contribution in [0.5, 0.6) is 0 Å². The van der Waals surface area contributed by atoms with E-state index in [1.165, 1.54) is 0 Å². The van der Waals surface area contributed by atoms with E-state index in [-0.39, 0.29) is 5.56 Å². The number of aromatic nitrogens is 3. The van der Waals surface area contributed by atoms with Crippen molar-refractivity contribution in [1.82, 2.24) is 14.5 Å². The molecule has 0 spiro atoms. The Hall–Kier alpha value is -2.17. The summed E-state index contributed by atoms with van der Waals surface area (Å²) in [6.45, 7) is 5.37. The lowest BCUT2D eigenvalue weighted by Gasteiger charge is -2.12. The lowest BCUT2D eigenvalue weighted by molar-refractivity contribution is 0.747. The van der Waals surface area contributed by atoms with Crippen LogP contribution in [-0.2, 0) is 6.54 Å². The molecule has 2 rings (SSSR count). The predicted octanol–water partition coefficient (Wildman–Crippen LogP) is 2.21. The maximum Gasteiger partial charge on any atom is 0.250 e. The molecular weight excluding hydrogens is 252 g/mol. The predicted molar refractivity (Wildman–Crippen MR) is 80.0 cm³/mol. The van der Waals surface area contributed by atoms with Crippen molar-refractivity contribution in [3.63, 3.8) is 0 Å². The SMILES string of the molecule is CCCCNc1nc(C)ncc1Cn1ccccc1=O. The van der Waals surface area contributed by atoms with E-state index < -0.39 is 0 Å². The monoisotopic (exact) mass is 272 g/mol. The molecule has 0 aliphatic carbocycles. The third-order valence-electron chi connectivity index (χ3n) is 3.05. The molecule has 106 valence electrons. The Morgan fingerprint density at radius 3 is 2.95 bits per heavy atom. The van der Waals surface area contributed by atoms with Gasteiger partial charge in [0.2, 0.25) is 0 Å². The number of nitrogens with zero attached hydrogens (tertiary/aromatic N) is 3. The smallest absolute Gasteiger partial charge is 0.250 e. The normalized spacial score (nSPS) is 10.5. The van der Waals surface area contributed by atoms with Crippen LogP contribution in [0.4, 0.5) is 5.82 Å². The number of unbranched alkanes of at least 4 members (excludes halogenated alkanes) is 1. The van der Waals surface area contributed by atoms with Gasteiger partial charge < -0.3 is 9.88 Å². The second kappa shape index (κ2) is 6.84. The lowest BCUT2D eigenvalue weighted by atomic mass is 10.2. The molecule has 0 aromatic carbocycles. The van der Waals surface area contributed by atoms with Crippen LogP contribution in [0.15, 0.2) is 35.4 Å². The van der Waals surface area contributed by atoms with E-state index in [0.29, 0.717) is 6.54 Å². The molecule has 0 radical (unpaired) electrons. The molecule has 0 saturated heterocycles. The van der Waals surface area contributed by atoms with Crippen molar-refractivity contribution in [3.8, 4) is 0 Å². The highest BCUT2D eigenvalue weighted by atomic mass is 16.1. The van der Waals surface area contributed by atoms with Crippen LogP contribution in [-0.4, -0.2) is 21.1 Å². The summed E-state index contributed by atoms with van der Waals surface area (Å²) in [5, 5.41) is 3.33. The topological polar surface area (TPSA) is 59.8 Å². The quantitative estimate of drug-likeness (QED) is 0.819. The van der Waals surface area contributed by atoms with E-state index in [1.807, 2.05) is 13.0 Å². The van der Waals surface area contributed by atoms with Crippen molar-refractivity contribution in [3.05, 3.63) is 52.3 Å². The highest BCUT2D eigenvalue weighted by Crippen LogP contribution is 2.12. The minimum Gasteiger partial charge on any atom is -0.370 e. The summed E-state index contributed by atoms with van der Waals surface area (Å²) in [5.74, 6) is 1.55. The zero-order valence-corrected chi connectivity index (χ0v) is 12.0. The average molecular weight is 272 g/mol. The first-order chi connectivity index (χ1) is 9.70. The first kappa shape index (κ1) is 14.2. The summed E-state index contributed by atoms with van der Waals surface area (Å²) in [4.78, 5) is 20.4. The minimum absolute atomic E-state index is 0.0208. The molecule has 0 bridgehead atoms. The Kier molecular flexibility index (Phi) is 4.87. The standard InChI is InChI=1S/C15H20N4O/c1-3-4-8-16-15-13(10-17-12(2)18-15)11-19-9-6-5-7-14(19)20/h5-7,9-10H,3-4,8,11H2,1-2H3,(H,16,17,18). The van der Waals surface area contributed by atoms with Crippen LogP contribution in [0.25, 0.3) is 0 Å². The van der Waals surface area contributed by atoms with Gasteiger partial charge in [0.15, 0.2) is 0 Å². The lowest BCUT2D eigenvalue weighted by Crippen LogP contribution is -2.20. The van der Waals surface area contributed by atoms with Crippen LogP contribution in [0.1, 0.15) is 31.2 Å². The Bertz CT molecular complexity index is 621. The van der Waals surface area contributed by atoms with Crippen molar-refractivity contribution in [2.24, 2.45) is 0 Å². The fraction of sp³-hybridized carbons (Fsp3) is 0.400. The Morgan fingerprint density at radius 2 is 2.20 bits per heavy atom. The van der Waals surface area contributed by atoms with Gasteiger partial charge in [-0.2, -0.15) is 0 Å². The van der Waals surface area contributed by atoms with Gasteiger partial charge in [-0.05, 0) is 19.4 Å². The van der Waals surface area contributed by atoms with Gasteiger partial charge in [0.25, 0.3) is 5.56 Å². The summed E-state index contributed by atoms with van der Waals surface area (Å²) in [6.07, 6.45) is 5.78. The van der Waals surface area contributed by atoms with Crippen LogP contribution in [0.2, 0.25) is 0 Å². The van der Waals surface area contributed by atoms with Gasteiger partial charge in [0.1, 0.15) is 11.6 Å². The number of aryl methyl sites for hydroxylation is 1. The molecule has 0 unspecified atom stereocenters. The number of hydrogen-bond acceptors (Lipinski definition) is 4. The van der Waals surface area contributed by atoms with Gasteiger partial charge in [-0.1, -0.05) is 19.4 Å². The fourth-order valence-corrected chi connectivity index (χ4v) is 1.92. The molecule has 2 heterocycles. The molecule has 0 saturated carbocycles. The molecule has 0 aliphatic rings. The largest absolute Gasteiger partial charge is 0.370 e. The maximum atomic E-state index is 11.8. The second-order valence-electron chi connectivity index (χ2n) is 4.74. The highest BCUT2D eigenvalue weighted by molar-refractivity contribution is 5.43. The summed E-state index contributed by atoms with van der Waals surface area (Å²) in [5.41, 5.74) is 0.910. The maximum absolute atomic E-state index is 11.8. The van der Waals surface area contributed by atoms with Crippen LogP contribution in [0, 0.1) is 6.92 Å². The van der Waals surface area contributed by atoms with Crippen LogP contribution >= 0.6 is 0 Å². The molecule has 0 amide bonds. The third-order valence-corrected chi connectivity index (χ3v) is 3.05. The summed E-state index contributed by atoms with van der Waals surface area (Å²) < 4.78 is 1.65. The number of pyridine rings is 1. The van der Waals surface area contributed by atoms with Gasteiger partial charge in [0.05, 0.1) is 6.54 Å². The van der Waals surface area contributed by atoms with Gasteiger partial charge in [-0.3, -0.25) is 4.79 Å². The van der Waals surface area contributed by atoms with E-state index in [2.05, 4.69) is 22.2 Å². The van der Waals surface area contributed by atoms with E-state index in [1.54, 1.807) is 29.1 Å². The first-order valence-electron chi connectivity index (χ1n) is 6.92. The molecule has 2 aromatic rings. The molecule has 0 aliphatic heterocycles. The zero-order valence-electron chi connectivity index (χ0n) is 12.0. The van der Waals surface area contributed by atoms with Gasteiger partial charge in [0, 0.05) is 30.6 Å². The fourth-order valence-electron chi connectivity index (χ4n) is 1.92. The molecule has 0 fully saturated rings. The van der Waals surface area contributed by atoms with E-state index in [0.717, 1.165) is 36.6 Å². The zero-order chi connectivity index (χ0) is 14.4. The summed E-state index contributed by atoms with van der Waals surface area (Å²) >= 11 is 0. The molecule has 2 aromatic heterocycles. The van der Waals surface area contributed by atoms with Crippen molar-refractivity contribution < 1.29 is 0 Å². The molecular formula is C15H20N4O. The van der Waals surface area contributed by atoms with Crippen LogP contribution in [0.3, 0.4) is 0 Å². The van der Waals surface area contributed by atoms with Crippen molar-refractivity contribution >= 4 is 5.82 Å². The third kappa shape index (κ3) is 3.66.